The molecule has 3 nitrogen and oxygen atoms in total. The van der Waals surface area contributed by atoms with Crippen LogP contribution in [0.25, 0.3) is 5.57 Å². The smallest absolute Gasteiger partial charge is 0.137 e. The number of aromatic nitrogens is 2. The van der Waals surface area contributed by atoms with Crippen molar-refractivity contribution in [2.24, 2.45) is 5.92 Å². The summed E-state index contributed by atoms with van der Waals surface area (Å²) in [4.78, 5) is 9.95. The number of allylic oxidation sites excluding steroid dienone is 4. The Morgan fingerprint density at radius 1 is 1.44 bits per heavy atom. The van der Waals surface area contributed by atoms with Gasteiger partial charge in [0.2, 0.25) is 0 Å². The summed E-state index contributed by atoms with van der Waals surface area (Å²) in [7, 11) is 4.27. The number of nitrogens with zero attached hydrogens (tertiary/aromatic N) is 2. The lowest BCUT2D eigenvalue weighted by molar-refractivity contribution is 0.380. The number of nitrogens with one attached hydrogen (secondary N) is 1. The molecule has 1 aromatic rings. The van der Waals surface area contributed by atoms with Crippen LogP contribution in [0.15, 0.2) is 24.4 Å². The molecule has 1 aliphatic rings. The standard InChI is InChI=1S/C15H23N3/c1-12-11-16-15(17-12)14-8-4-6-13(10-14)7-5-9-18(2)3/h4,8,10-11,13H,5-7,9H2,1-3H3,(H,16,17). The maximum absolute atomic E-state index is 4.40. The molecule has 3 heteroatoms. The van der Waals surface area contributed by atoms with Gasteiger partial charge in [-0.3, -0.25) is 0 Å². The lowest BCUT2D eigenvalue weighted by Gasteiger charge is -2.17. The molecule has 1 unspecified atom stereocenters. The van der Waals surface area contributed by atoms with Crippen LogP contribution >= 0.6 is 0 Å². The monoisotopic (exact) mass is 245 g/mol. The fourth-order valence-corrected chi connectivity index (χ4v) is 2.34. The summed E-state index contributed by atoms with van der Waals surface area (Å²) in [6.45, 7) is 3.21. The number of H-pyrrole nitrogens is 1. The number of aromatic amines is 1. The summed E-state index contributed by atoms with van der Waals surface area (Å²) in [6.07, 6.45) is 12.4. The van der Waals surface area contributed by atoms with Gasteiger partial charge in [0, 0.05) is 17.5 Å². The van der Waals surface area contributed by atoms with E-state index in [1.165, 1.54) is 25.0 Å². The highest BCUT2D eigenvalue weighted by Gasteiger charge is 2.12. The molecule has 18 heavy (non-hydrogen) atoms. The third kappa shape index (κ3) is 3.57. The Morgan fingerprint density at radius 2 is 2.28 bits per heavy atom. The molecule has 1 aliphatic carbocycles. The molecular weight excluding hydrogens is 222 g/mol. The van der Waals surface area contributed by atoms with Gasteiger partial charge in [0.1, 0.15) is 5.82 Å². The van der Waals surface area contributed by atoms with Crippen molar-refractivity contribution in [3.8, 4) is 0 Å². The van der Waals surface area contributed by atoms with E-state index < -0.39 is 0 Å². The second kappa shape index (κ2) is 6.01. The summed E-state index contributed by atoms with van der Waals surface area (Å²) >= 11 is 0. The van der Waals surface area contributed by atoms with Crippen LogP contribution in [0.3, 0.4) is 0 Å². The molecule has 1 aromatic heterocycles. The Bertz CT molecular complexity index is 440. The molecule has 1 N–H and O–H groups in total. The molecule has 0 radical (unpaired) electrons. The predicted octanol–water partition coefficient (Wildman–Crippen LogP) is 3.02. The van der Waals surface area contributed by atoms with Crippen molar-refractivity contribution in [1.29, 1.82) is 0 Å². The number of hydrogen-bond donors (Lipinski definition) is 1. The molecule has 0 aromatic carbocycles. The highest BCUT2D eigenvalue weighted by Crippen LogP contribution is 2.25. The number of hydrogen-bond acceptors (Lipinski definition) is 2. The van der Waals surface area contributed by atoms with E-state index >= 15 is 0 Å². The zero-order chi connectivity index (χ0) is 13.0. The van der Waals surface area contributed by atoms with Crippen LogP contribution in [0.2, 0.25) is 0 Å². The molecule has 0 saturated carbocycles. The van der Waals surface area contributed by atoms with E-state index in [4.69, 9.17) is 0 Å². The van der Waals surface area contributed by atoms with Crippen molar-refractivity contribution in [3.05, 3.63) is 35.9 Å². The van der Waals surface area contributed by atoms with E-state index in [0.29, 0.717) is 5.92 Å². The van der Waals surface area contributed by atoms with Crippen molar-refractivity contribution >= 4 is 5.57 Å². The second-order valence-electron chi connectivity index (χ2n) is 5.38. The molecule has 0 fully saturated rings. The third-order valence-electron chi connectivity index (χ3n) is 3.31. The van der Waals surface area contributed by atoms with E-state index in [-0.39, 0.29) is 0 Å². The Balaban J connectivity index is 1.95. The van der Waals surface area contributed by atoms with Gasteiger partial charge in [-0.15, -0.1) is 0 Å². The topological polar surface area (TPSA) is 31.9 Å². The minimum absolute atomic E-state index is 0.662. The SMILES string of the molecule is Cc1cnc(C2=CC(CCCN(C)C)CC=C2)[nH]1. The molecule has 1 atom stereocenters. The lowest BCUT2D eigenvalue weighted by Crippen LogP contribution is -2.14. The zero-order valence-electron chi connectivity index (χ0n) is 11.6. The average Bonchev–Trinajstić information content (AvgIpc) is 2.76. The summed E-state index contributed by atoms with van der Waals surface area (Å²) in [5.74, 6) is 1.66. The van der Waals surface area contributed by atoms with Crippen LogP contribution in [0.1, 0.15) is 30.8 Å². The van der Waals surface area contributed by atoms with E-state index in [1.807, 2.05) is 13.1 Å². The zero-order valence-corrected chi connectivity index (χ0v) is 11.6. The third-order valence-corrected chi connectivity index (χ3v) is 3.31. The summed E-state index contributed by atoms with van der Waals surface area (Å²) in [5.41, 5.74) is 2.36. The van der Waals surface area contributed by atoms with Gasteiger partial charge in [-0.05, 0) is 52.7 Å². The molecular formula is C15H23N3. The number of imidazole rings is 1. The first-order valence-electron chi connectivity index (χ1n) is 6.70. The van der Waals surface area contributed by atoms with Gasteiger partial charge in [0.05, 0.1) is 0 Å². The molecule has 98 valence electrons. The first-order chi connectivity index (χ1) is 8.65. The molecule has 0 aliphatic heterocycles. The molecule has 0 saturated heterocycles. The van der Waals surface area contributed by atoms with Crippen molar-refractivity contribution in [2.75, 3.05) is 20.6 Å². The molecule has 0 bridgehead atoms. The van der Waals surface area contributed by atoms with Gasteiger partial charge in [0.25, 0.3) is 0 Å². The molecule has 0 spiro atoms. The van der Waals surface area contributed by atoms with Crippen LogP contribution < -0.4 is 0 Å². The van der Waals surface area contributed by atoms with E-state index in [1.54, 1.807) is 0 Å². The largest absolute Gasteiger partial charge is 0.342 e. The maximum Gasteiger partial charge on any atom is 0.137 e. The van der Waals surface area contributed by atoms with Crippen molar-refractivity contribution < 1.29 is 0 Å². The van der Waals surface area contributed by atoms with Gasteiger partial charge in [-0.2, -0.15) is 0 Å². The maximum atomic E-state index is 4.40. The van der Waals surface area contributed by atoms with Crippen LogP contribution in [-0.2, 0) is 0 Å². The van der Waals surface area contributed by atoms with Gasteiger partial charge in [0.15, 0.2) is 0 Å². The average molecular weight is 245 g/mol. The highest BCUT2D eigenvalue weighted by atomic mass is 15.0. The Hall–Kier alpha value is -1.35. The van der Waals surface area contributed by atoms with Crippen molar-refractivity contribution in [2.45, 2.75) is 26.2 Å². The minimum Gasteiger partial charge on any atom is -0.342 e. The lowest BCUT2D eigenvalue weighted by atomic mass is 9.92. The predicted molar refractivity (Wildman–Crippen MR) is 76.3 cm³/mol. The van der Waals surface area contributed by atoms with E-state index in [9.17, 15) is 0 Å². The molecule has 2 rings (SSSR count). The highest BCUT2D eigenvalue weighted by molar-refractivity contribution is 5.70. The van der Waals surface area contributed by atoms with Crippen LogP contribution in [-0.4, -0.2) is 35.5 Å². The van der Waals surface area contributed by atoms with Crippen LogP contribution in [0.5, 0.6) is 0 Å². The van der Waals surface area contributed by atoms with Crippen molar-refractivity contribution in [1.82, 2.24) is 14.9 Å². The first-order valence-corrected chi connectivity index (χ1v) is 6.70. The summed E-state index contributed by atoms with van der Waals surface area (Å²) in [5, 5.41) is 0. The second-order valence-corrected chi connectivity index (χ2v) is 5.38. The fraction of sp³-hybridized carbons (Fsp3) is 0.533. The number of rotatable bonds is 5. The van der Waals surface area contributed by atoms with Gasteiger partial charge in [-0.1, -0.05) is 18.2 Å². The fourth-order valence-electron chi connectivity index (χ4n) is 2.34. The Kier molecular flexibility index (Phi) is 4.37. The quantitative estimate of drug-likeness (QED) is 0.864. The first kappa shape index (κ1) is 13.1. The molecule has 1 heterocycles. The van der Waals surface area contributed by atoms with Gasteiger partial charge in [-0.25, -0.2) is 4.98 Å². The minimum atomic E-state index is 0.662. The Morgan fingerprint density at radius 3 is 2.94 bits per heavy atom. The van der Waals surface area contributed by atoms with Gasteiger partial charge >= 0.3 is 0 Å². The van der Waals surface area contributed by atoms with E-state index in [0.717, 1.165) is 17.9 Å². The molecule has 0 amide bonds. The van der Waals surface area contributed by atoms with Crippen LogP contribution in [0, 0.1) is 12.8 Å². The number of aryl methyl sites for hydroxylation is 1. The van der Waals surface area contributed by atoms with E-state index in [2.05, 4.69) is 47.2 Å². The van der Waals surface area contributed by atoms with Crippen LogP contribution in [0.4, 0.5) is 0 Å². The van der Waals surface area contributed by atoms with Crippen molar-refractivity contribution in [3.63, 3.8) is 0 Å². The summed E-state index contributed by atoms with van der Waals surface area (Å²) < 4.78 is 0. The van der Waals surface area contributed by atoms with Gasteiger partial charge < -0.3 is 9.88 Å². The Labute approximate surface area is 110 Å². The summed E-state index contributed by atoms with van der Waals surface area (Å²) in [6, 6.07) is 0. The normalized spacial score (nSPS) is 19.3.